The average molecular weight is 469 g/mol. The summed E-state index contributed by atoms with van der Waals surface area (Å²) in [5.41, 5.74) is 1.63. The van der Waals surface area contributed by atoms with E-state index in [0.717, 1.165) is 21.9 Å². The Hall–Kier alpha value is -1.85. The van der Waals surface area contributed by atoms with E-state index in [4.69, 9.17) is 11.6 Å². The summed E-state index contributed by atoms with van der Waals surface area (Å²) in [6, 6.07) is 6.87. The molecule has 0 N–H and O–H groups in total. The number of aromatic nitrogens is 2. The summed E-state index contributed by atoms with van der Waals surface area (Å²) in [4.78, 5) is 22.9. The van der Waals surface area contributed by atoms with Crippen molar-refractivity contribution in [2.45, 2.75) is 10.6 Å². The number of halogens is 1. The number of piperazine rings is 1. The van der Waals surface area contributed by atoms with Crippen molar-refractivity contribution in [2.75, 3.05) is 26.2 Å². The molecule has 4 heterocycles. The summed E-state index contributed by atoms with van der Waals surface area (Å²) in [5, 5.41) is 2.70. The van der Waals surface area contributed by atoms with Gasteiger partial charge in [0.1, 0.15) is 9.22 Å². The first-order valence-corrected chi connectivity index (χ1v) is 12.3. The topological polar surface area (TPSA) is 83.5 Å². The third-order valence-electron chi connectivity index (χ3n) is 4.53. The van der Waals surface area contributed by atoms with Gasteiger partial charge in [0.2, 0.25) is 5.91 Å². The molecule has 0 unspecified atom stereocenters. The van der Waals surface area contributed by atoms with Gasteiger partial charge in [0.25, 0.3) is 10.0 Å². The molecule has 1 amide bonds. The molecule has 1 aliphatic heterocycles. The second-order valence-electron chi connectivity index (χ2n) is 6.41. The van der Waals surface area contributed by atoms with Gasteiger partial charge in [0.05, 0.1) is 16.5 Å². The van der Waals surface area contributed by atoms with E-state index >= 15 is 0 Å². The number of amides is 1. The lowest BCUT2D eigenvalue weighted by atomic mass is 10.2. The van der Waals surface area contributed by atoms with Gasteiger partial charge in [-0.25, -0.2) is 13.4 Å². The molecular weight excluding hydrogens is 452 g/mol. The van der Waals surface area contributed by atoms with Crippen LogP contribution in [0, 0.1) is 0 Å². The van der Waals surface area contributed by atoms with Crippen LogP contribution in [0.25, 0.3) is 10.6 Å². The van der Waals surface area contributed by atoms with Gasteiger partial charge in [-0.05, 0) is 24.3 Å². The SMILES string of the molecule is O=C(Cc1csc(-c2cccnc2)n1)N1CCN(S(=O)(=O)c2ccc(Cl)s2)CC1. The monoisotopic (exact) mass is 468 g/mol. The van der Waals surface area contributed by atoms with E-state index in [1.54, 1.807) is 23.4 Å². The lowest BCUT2D eigenvalue weighted by Gasteiger charge is -2.33. The fraction of sp³-hybridized carbons (Fsp3) is 0.278. The zero-order chi connectivity index (χ0) is 20.4. The molecule has 1 aliphatic rings. The summed E-state index contributed by atoms with van der Waals surface area (Å²) in [6.45, 7) is 1.25. The van der Waals surface area contributed by atoms with E-state index in [1.165, 1.54) is 21.7 Å². The van der Waals surface area contributed by atoms with Crippen molar-refractivity contribution in [3.63, 3.8) is 0 Å². The molecule has 0 atom stereocenters. The molecule has 3 aromatic heterocycles. The molecule has 11 heteroatoms. The Balaban J connectivity index is 1.35. The highest BCUT2D eigenvalue weighted by Gasteiger charge is 2.31. The predicted molar refractivity (Wildman–Crippen MR) is 114 cm³/mol. The molecule has 7 nitrogen and oxygen atoms in total. The van der Waals surface area contributed by atoms with E-state index in [9.17, 15) is 13.2 Å². The van der Waals surface area contributed by atoms with Crippen LogP contribution in [0.3, 0.4) is 0 Å². The Labute approximate surface area is 181 Å². The van der Waals surface area contributed by atoms with Crippen molar-refractivity contribution in [3.05, 3.63) is 52.1 Å². The fourth-order valence-corrected chi connectivity index (χ4v) is 6.89. The van der Waals surface area contributed by atoms with E-state index in [1.807, 2.05) is 17.5 Å². The number of carbonyl (C=O) groups is 1. The van der Waals surface area contributed by atoms with Gasteiger partial charge in [0, 0.05) is 49.5 Å². The molecule has 0 spiro atoms. The average Bonchev–Trinajstić information content (AvgIpc) is 3.38. The maximum atomic E-state index is 12.7. The molecular formula is C18H17ClN4O3S3. The highest BCUT2D eigenvalue weighted by molar-refractivity contribution is 7.91. The van der Waals surface area contributed by atoms with Crippen molar-refractivity contribution in [1.82, 2.24) is 19.2 Å². The summed E-state index contributed by atoms with van der Waals surface area (Å²) >= 11 is 8.38. The minimum absolute atomic E-state index is 0.0516. The third kappa shape index (κ3) is 4.51. The normalized spacial score (nSPS) is 15.6. The fourth-order valence-electron chi connectivity index (χ4n) is 3.02. The number of nitrogens with zero attached hydrogens (tertiary/aromatic N) is 4. The molecule has 0 saturated carbocycles. The molecule has 3 aromatic rings. The number of sulfonamides is 1. The third-order valence-corrected chi connectivity index (χ3v) is 9.06. The molecule has 1 saturated heterocycles. The minimum Gasteiger partial charge on any atom is -0.340 e. The summed E-state index contributed by atoms with van der Waals surface area (Å²) < 4.78 is 27.4. The van der Waals surface area contributed by atoms with Crippen LogP contribution in [0.15, 0.2) is 46.2 Å². The van der Waals surface area contributed by atoms with Gasteiger partial charge < -0.3 is 4.90 Å². The Bertz CT molecular complexity index is 1110. The van der Waals surface area contributed by atoms with Gasteiger partial charge >= 0.3 is 0 Å². The summed E-state index contributed by atoms with van der Waals surface area (Å²) in [6.07, 6.45) is 3.64. The van der Waals surface area contributed by atoms with Crippen LogP contribution in [0.5, 0.6) is 0 Å². The van der Waals surface area contributed by atoms with Crippen LogP contribution in [-0.2, 0) is 21.2 Å². The van der Waals surface area contributed by atoms with Crippen LogP contribution in [0.2, 0.25) is 4.34 Å². The minimum atomic E-state index is -3.56. The van der Waals surface area contributed by atoms with E-state index in [0.29, 0.717) is 23.1 Å². The van der Waals surface area contributed by atoms with Crippen LogP contribution >= 0.6 is 34.3 Å². The second-order valence-corrected chi connectivity index (χ2v) is 11.1. The van der Waals surface area contributed by atoms with Crippen molar-refractivity contribution in [3.8, 4) is 10.6 Å². The smallest absolute Gasteiger partial charge is 0.252 e. The number of hydrogen-bond donors (Lipinski definition) is 0. The Kier molecular flexibility index (Phi) is 5.98. The number of rotatable bonds is 5. The molecule has 0 aromatic carbocycles. The van der Waals surface area contributed by atoms with Crippen molar-refractivity contribution < 1.29 is 13.2 Å². The summed E-state index contributed by atoms with van der Waals surface area (Å²) in [7, 11) is -3.56. The predicted octanol–water partition coefficient (Wildman–Crippen LogP) is 3.00. The Morgan fingerprint density at radius 1 is 1.17 bits per heavy atom. The molecule has 0 aliphatic carbocycles. The van der Waals surface area contributed by atoms with Crippen molar-refractivity contribution >= 4 is 50.2 Å². The second kappa shape index (κ2) is 8.49. The first-order valence-electron chi connectivity index (χ1n) is 8.81. The summed E-state index contributed by atoms with van der Waals surface area (Å²) in [5.74, 6) is -0.0516. The van der Waals surface area contributed by atoms with Crippen molar-refractivity contribution in [1.29, 1.82) is 0 Å². The maximum Gasteiger partial charge on any atom is 0.252 e. The van der Waals surface area contributed by atoms with Crippen molar-refractivity contribution in [2.24, 2.45) is 0 Å². The number of pyridine rings is 1. The van der Waals surface area contributed by atoms with E-state index < -0.39 is 10.0 Å². The molecule has 0 bridgehead atoms. The lowest BCUT2D eigenvalue weighted by Crippen LogP contribution is -2.50. The van der Waals surface area contributed by atoms with Crippen LogP contribution < -0.4 is 0 Å². The first kappa shape index (κ1) is 20.4. The zero-order valence-electron chi connectivity index (χ0n) is 15.2. The Morgan fingerprint density at radius 3 is 2.62 bits per heavy atom. The maximum absolute atomic E-state index is 12.7. The lowest BCUT2D eigenvalue weighted by molar-refractivity contribution is -0.131. The van der Waals surface area contributed by atoms with Gasteiger partial charge in [-0.15, -0.1) is 22.7 Å². The van der Waals surface area contributed by atoms with Crippen LogP contribution in [0.4, 0.5) is 0 Å². The van der Waals surface area contributed by atoms with E-state index in [2.05, 4.69) is 9.97 Å². The number of hydrogen-bond acceptors (Lipinski definition) is 7. The van der Waals surface area contributed by atoms with Gasteiger partial charge in [0.15, 0.2) is 0 Å². The first-order chi connectivity index (χ1) is 13.9. The molecule has 1 fully saturated rings. The number of thiophene rings is 1. The largest absolute Gasteiger partial charge is 0.340 e. The van der Waals surface area contributed by atoms with Gasteiger partial charge in [-0.3, -0.25) is 9.78 Å². The standard InChI is InChI=1S/C18H17ClN4O3S3/c19-15-3-4-17(28-15)29(25,26)23-8-6-22(7-9-23)16(24)10-14-12-27-18(21-14)13-2-1-5-20-11-13/h1-5,11-12H,6-10H2. The zero-order valence-corrected chi connectivity index (χ0v) is 18.4. The number of thiazole rings is 1. The highest BCUT2D eigenvalue weighted by Crippen LogP contribution is 2.29. The molecule has 0 radical (unpaired) electrons. The highest BCUT2D eigenvalue weighted by atomic mass is 35.5. The van der Waals surface area contributed by atoms with Gasteiger partial charge in [-0.1, -0.05) is 11.6 Å². The Morgan fingerprint density at radius 2 is 1.97 bits per heavy atom. The van der Waals surface area contributed by atoms with Crippen LogP contribution in [0.1, 0.15) is 5.69 Å². The molecule has 4 rings (SSSR count). The number of carbonyl (C=O) groups excluding carboxylic acids is 1. The quantitative estimate of drug-likeness (QED) is 0.574. The molecule has 29 heavy (non-hydrogen) atoms. The van der Waals surface area contributed by atoms with Gasteiger partial charge in [-0.2, -0.15) is 4.31 Å². The van der Waals surface area contributed by atoms with Crippen LogP contribution in [-0.4, -0.2) is 59.7 Å². The molecule has 152 valence electrons. The van der Waals surface area contributed by atoms with E-state index in [-0.39, 0.29) is 29.6 Å².